The van der Waals surface area contributed by atoms with Crippen molar-refractivity contribution in [3.63, 3.8) is 0 Å². The number of hydrogen-bond donors (Lipinski definition) is 1. The lowest BCUT2D eigenvalue weighted by molar-refractivity contribution is 0.0119. The molecule has 4 nitrogen and oxygen atoms in total. The number of hydrogen-bond acceptors (Lipinski definition) is 3. The second-order valence-corrected chi connectivity index (χ2v) is 9.07. The Labute approximate surface area is 112 Å². The van der Waals surface area contributed by atoms with Crippen LogP contribution in [0.4, 0.5) is 0 Å². The number of phosphoric acid groups is 1. The van der Waals surface area contributed by atoms with Gasteiger partial charge < -0.3 is 4.89 Å². The Morgan fingerprint density at radius 3 is 1.78 bits per heavy atom. The highest BCUT2D eigenvalue weighted by Gasteiger charge is 2.37. The maximum absolute atomic E-state index is 11.5. The summed E-state index contributed by atoms with van der Waals surface area (Å²) in [6.45, 7) is 14.5. The van der Waals surface area contributed by atoms with Gasteiger partial charge in [-0.15, -0.1) is 0 Å². The van der Waals surface area contributed by atoms with E-state index in [0.29, 0.717) is 6.42 Å². The first-order chi connectivity index (χ1) is 7.68. The molecule has 1 atom stereocenters. The Balaban J connectivity index is 4.71. The van der Waals surface area contributed by atoms with Crippen molar-refractivity contribution in [2.75, 3.05) is 7.11 Å². The Bertz CT molecular complexity index is 315. The molecule has 0 aromatic rings. The summed E-state index contributed by atoms with van der Waals surface area (Å²) in [6.07, 6.45) is 1.70. The van der Waals surface area contributed by atoms with Gasteiger partial charge in [0.1, 0.15) is 0 Å². The van der Waals surface area contributed by atoms with Crippen LogP contribution in [0.1, 0.15) is 61.3 Å². The van der Waals surface area contributed by atoms with E-state index in [4.69, 9.17) is 4.52 Å². The highest BCUT2D eigenvalue weighted by atomic mass is 31.2. The summed E-state index contributed by atoms with van der Waals surface area (Å²) in [5.41, 5.74) is -0.464. The van der Waals surface area contributed by atoms with E-state index >= 15 is 0 Å². The first kappa shape index (κ1) is 18.1. The molecule has 0 fully saturated rings. The zero-order valence-corrected chi connectivity index (χ0v) is 13.9. The second kappa shape index (κ2) is 5.62. The minimum Gasteiger partial charge on any atom is -0.302 e. The lowest BCUT2D eigenvalue weighted by Gasteiger charge is -2.38. The summed E-state index contributed by atoms with van der Waals surface area (Å²) < 4.78 is 21.2. The van der Waals surface area contributed by atoms with Gasteiger partial charge in [-0.3, -0.25) is 9.05 Å². The molecular formula is C13H29O4P. The van der Waals surface area contributed by atoms with Crippen LogP contribution in [0.15, 0.2) is 0 Å². The summed E-state index contributed by atoms with van der Waals surface area (Å²) >= 11 is 0. The minimum absolute atomic E-state index is 0.0233. The van der Waals surface area contributed by atoms with Gasteiger partial charge in [0.15, 0.2) is 0 Å². The fourth-order valence-corrected chi connectivity index (χ4v) is 3.80. The average Bonchev–Trinajstić information content (AvgIpc) is 1.93. The van der Waals surface area contributed by atoms with Gasteiger partial charge in [0.2, 0.25) is 0 Å². The van der Waals surface area contributed by atoms with Gasteiger partial charge in [-0.1, -0.05) is 34.6 Å². The van der Waals surface area contributed by atoms with Crippen LogP contribution in [0.3, 0.4) is 0 Å². The molecule has 110 valence electrons. The fraction of sp³-hybridized carbons (Fsp3) is 1.00. The molecule has 0 heterocycles. The van der Waals surface area contributed by atoms with Gasteiger partial charge in [0.05, 0.1) is 5.60 Å². The third-order valence-electron chi connectivity index (χ3n) is 2.51. The molecular weight excluding hydrogens is 251 g/mol. The van der Waals surface area contributed by atoms with Crippen LogP contribution in [0, 0.1) is 10.8 Å². The van der Waals surface area contributed by atoms with Crippen molar-refractivity contribution >= 4 is 7.82 Å². The minimum atomic E-state index is -3.93. The highest BCUT2D eigenvalue weighted by Crippen LogP contribution is 2.50. The van der Waals surface area contributed by atoms with E-state index in [9.17, 15) is 9.46 Å². The standard InChI is InChI=1S/C13H29O4P/c1-11(2,3)9-12(4,5)10-13(6,7)17-18(14,15)16-8/h9-10H2,1-8H3,(H,14,15). The summed E-state index contributed by atoms with van der Waals surface area (Å²) in [5.74, 6) is 0. The maximum Gasteiger partial charge on any atom is 0.472 e. The molecule has 0 aliphatic heterocycles. The Morgan fingerprint density at radius 1 is 1.00 bits per heavy atom. The molecule has 0 bridgehead atoms. The zero-order valence-electron chi connectivity index (χ0n) is 13.0. The smallest absolute Gasteiger partial charge is 0.302 e. The lowest BCUT2D eigenvalue weighted by Crippen LogP contribution is -2.33. The van der Waals surface area contributed by atoms with Crippen LogP contribution in [0.2, 0.25) is 0 Å². The van der Waals surface area contributed by atoms with Crippen LogP contribution in [-0.2, 0) is 13.6 Å². The normalized spacial score (nSPS) is 17.6. The largest absolute Gasteiger partial charge is 0.472 e. The van der Waals surface area contributed by atoms with E-state index in [1.807, 2.05) is 13.8 Å². The van der Waals surface area contributed by atoms with Gasteiger partial charge >= 0.3 is 7.82 Å². The SMILES string of the molecule is COP(=O)(O)OC(C)(C)CC(C)(C)CC(C)(C)C. The van der Waals surface area contributed by atoms with E-state index in [0.717, 1.165) is 6.42 Å². The quantitative estimate of drug-likeness (QED) is 0.733. The molecule has 0 aromatic heterocycles. The van der Waals surface area contributed by atoms with E-state index in [2.05, 4.69) is 39.1 Å². The second-order valence-electron chi connectivity index (χ2n) is 7.58. The topological polar surface area (TPSA) is 55.8 Å². The van der Waals surface area contributed by atoms with Crippen LogP contribution < -0.4 is 0 Å². The van der Waals surface area contributed by atoms with E-state index in [1.54, 1.807) is 0 Å². The van der Waals surface area contributed by atoms with Crippen molar-refractivity contribution in [2.45, 2.75) is 66.9 Å². The molecule has 0 aliphatic carbocycles. The van der Waals surface area contributed by atoms with Gasteiger partial charge in [0.25, 0.3) is 0 Å². The molecule has 0 spiro atoms. The zero-order chi connectivity index (χ0) is 14.8. The molecule has 0 amide bonds. The molecule has 1 unspecified atom stereocenters. The Hall–Kier alpha value is 0.110. The maximum atomic E-state index is 11.5. The highest BCUT2D eigenvalue weighted by molar-refractivity contribution is 7.47. The average molecular weight is 280 g/mol. The summed E-state index contributed by atoms with van der Waals surface area (Å²) in [6, 6.07) is 0. The Kier molecular flexibility index (Phi) is 5.65. The van der Waals surface area contributed by atoms with Crippen molar-refractivity contribution in [2.24, 2.45) is 10.8 Å². The van der Waals surface area contributed by atoms with Crippen molar-refractivity contribution in [1.29, 1.82) is 0 Å². The third kappa shape index (κ3) is 8.25. The summed E-state index contributed by atoms with van der Waals surface area (Å²) in [7, 11) is -2.75. The summed E-state index contributed by atoms with van der Waals surface area (Å²) in [4.78, 5) is 9.40. The van der Waals surface area contributed by atoms with Crippen molar-refractivity contribution < 1.29 is 18.5 Å². The van der Waals surface area contributed by atoms with Crippen molar-refractivity contribution in [3.05, 3.63) is 0 Å². The molecule has 0 radical (unpaired) electrons. The van der Waals surface area contributed by atoms with E-state index in [1.165, 1.54) is 7.11 Å². The van der Waals surface area contributed by atoms with Crippen molar-refractivity contribution in [3.8, 4) is 0 Å². The summed E-state index contributed by atoms with van der Waals surface area (Å²) in [5, 5.41) is 0. The van der Waals surface area contributed by atoms with E-state index in [-0.39, 0.29) is 10.8 Å². The molecule has 0 aromatic carbocycles. The van der Waals surface area contributed by atoms with Gasteiger partial charge in [0, 0.05) is 7.11 Å². The van der Waals surface area contributed by atoms with Crippen LogP contribution in [0.5, 0.6) is 0 Å². The van der Waals surface area contributed by atoms with Crippen molar-refractivity contribution in [1.82, 2.24) is 0 Å². The number of phosphoric ester groups is 1. The molecule has 0 rings (SSSR count). The van der Waals surface area contributed by atoms with Crippen LogP contribution in [-0.4, -0.2) is 17.6 Å². The molecule has 5 heteroatoms. The number of rotatable bonds is 6. The van der Waals surface area contributed by atoms with Gasteiger partial charge in [-0.25, -0.2) is 4.57 Å². The Morgan fingerprint density at radius 2 is 1.44 bits per heavy atom. The van der Waals surface area contributed by atoms with Gasteiger partial charge in [-0.05, 0) is 37.5 Å². The molecule has 18 heavy (non-hydrogen) atoms. The first-order valence-electron chi connectivity index (χ1n) is 6.27. The third-order valence-corrected chi connectivity index (χ3v) is 3.69. The molecule has 0 saturated heterocycles. The van der Waals surface area contributed by atoms with E-state index < -0.39 is 13.4 Å². The monoisotopic (exact) mass is 280 g/mol. The molecule has 0 saturated carbocycles. The van der Waals surface area contributed by atoms with Crippen LogP contribution in [0.25, 0.3) is 0 Å². The first-order valence-corrected chi connectivity index (χ1v) is 7.77. The van der Waals surface area contributed by atoms with Crippen LogP contribution >= 0.6 is 7.82 Å². The molecule has 0 aliphatic rings. The predicted octanol–water partition coefficient (Wildman–Crippen LogP) is 4.38. The predicted molar refractivity (Wildman–Crippen MR) is 74.5 cm³/mol. The lowest BCUT2D eigenvalue weighted by atomic mass is 9.71. The van der Waals surface area contributed by atoms with Gasteiger partial charge in [-0.2, -0.15) is 0 Å². The molecule has 1 N–H and O–H groups in total. The fourth-order valence-electron chi connectivity index (χ4n) is 3.03.